The lowest BCUT2D eigenvalue weighted by atomic mass is 10.1. The maximum Gasteiger partial charge on any atom is 0.346 e. The first-order chi connectivity index (χ1) is 6.49. The van der Waals surface area contributed by atoms with Crippen LogP contribution in [0.15, 0.2) is 18.2 Å². The fourth-order valence-electron chi connectivity index (χ4n) is 1.35. The molecule has 0 saturated carbocycles. The summed E-state index contributed by atoms with van der Waals surface area (Å²) in [7, 11) is 0. The number of rotatable bonds is 0. The molecule has 0 atom stereocenters. The molecular formula is C10H9IO3. The van der Waals surface area contributed by atoms with Crippen molar-refractivity contribution in [2.45, 2.75) is 19.6 Å². The lowest BCUT2D eigenvalue weighted by Crippen LogP contribution is -2.39. The summed E-state index contributed by atoms with van der Waals surface area (Å²) in [5, 5.41) is 0. The molecule has 2 rings (SSSR count). The van der Waals surface area contributed by atoms with Crippen LogP contribution in [0.4, 0.5) is 0 Å². The molecule has 1 aromatic carbocycles. The molecule has 0 bridgehead atoms. The van der Waals surface area contributed by atoms with Gasteiger partial charge in [-0.25, -0.2) is 4.79 Å². The molecule has 0 radical (unpaired) electrons. The molecule has 4 heteroatoms. The van der Waals surface area contributed by atoms with Crippen LogP contribution in [0.5, 0.6) is 5.75 Å². The highest BCUT2D eigenvalue weighted by atomic mass is 127. The van der Waals surface area contributed by atoms with Crippen molar-refractivity contribution in [2.75, 3.05) is 0 Å². The summed E-state index contributed by atoms with van der Waals surface area (Å²) in [5.74, 6) is -0.589. The first kappa shape index (κ1) is 9.76. The summed E-state index contributed by atoms with van der Waals surface area (Å²) in [6.07, 6.45) is 0. The van der Waals surface area contributed by atoms with Crippen LogP contribution in [-0.4, -0.2) is 11.8 Å². The van der Waals surface area contributed by atoms with Crippen LogP contribution in [0.1, 0.15) is 24.2 Å². The molecule has 0 aromatic heterocycles. The molecule has 1 aliphatic rings. The third-order valence-electron chi connectivity index (χ3n) is 1.87. The fourth-order valence-corrected chi connectivity index (χ4v) is 2.04. The minimum absolute atomic E-state index is 0.318. The van der Waals surface area contributed by atoms with Crippen LogP contribution in [-0.2, 0) is 4.74 Å². The standard InChI is InChI=1S/C10H9IO3/c1-10(2)13-7-5-3-4-6(11)8(7)9(12)14-10/h3-5H,1-2H3. The number of halogens is 1. The van der Waals surface area contributed by atoms with Crippen molar-refractivity contribution >= 4 is 28.6 Å². The topological polar surface area (TPSA) is 35.5 Å². The Morgan fingerprint density at radius 3 is 2.71 bits per heavy atom. The van der Waals surface area contributed by atoms with Crippen LogP contribution in [0, 0.1) is 3.57 Å². The Kier molecular flexibility index (Phi) is 2.17. The van der Waals surface area contributed by atoms with E-state index in [2.05, 4.69) is 22.6 Å². The van der Waals surface area contributed by atoms with Gasteiger partial charge in [-0.05, 0) is 34.7 Å². The average Bonchev–Trinajstić information content (AvgIpc) is 2.00. The van der Waals surface area contributed by atoms with Crippen molar-refractivity contribution in [3.05, 3.63) is 27.3 Å². The molecule has 0 N–H and O–H groups in total. The summed E-state index contributed by atoms with van der Waals surface area (Å²) in [6, 6.07) is 5.48. The van der Waals surface area contributed by atoms with Crippen molar-refractivity contribution in [2.24, 2.45) is 0 Å². The van der Waals surface area contributed by atoms with E-state index < -0.39 is 5.79 Å². The molecular weight excluding hydrogens is 295 g/mol. The second-order valence-corrected chi connectivity index (χ2v) is 4.67. The molecule has 1 heterocycles. The Balaban J connectivity index is 2.56. The summed E-state index contributed by atoms with van der Waals surface area (Å²) in [6.45, 7) is 3.43. The van der Waals surface area contributed by atoms with E-state index in [9.17, 15) is 4.79 Å². The zero-order chi connectivity index (χ0) is 10.3. The van der Waals surface area contributed by atoms with Gasteiger partial charge in [0.2, 0.25) is 5.79 Å². The molecule has 1 aliphatic heterocycles. The van der Waals surface area contributed by atoms with Crippen molar-refractivity contribution < 1.29 is 14.3 Å². The molecule has 14 heavy (non-hydrogen) atoms. The second-order valence-electron chi connectivity index (χ2n) is 3.50. The molecule has 74 valence electrons. The molecule has 0 amide bonds. The van der Waals surface area contributed by atoms with Crippen LogP contribution in [0.25, 0.3) is 0 Å². The number of benzene rings is 1. The van der Waals surface area contributed by atoms with Gasteiger partial charge in [0, 0.05) is 17.4 Å². The Hall–Kier alpha value is -0.780. The van der Waals surface area contributed by atoms with Crippen molar-refractivity contribution in [1.82, 2.24) is 0 Å². The molecule has 1 aromatic rings. The molecule has 0 saturated heterocycles. The quantitative estimate of drug-likeness (QED) is 0.546. The minimum atomic E-state index is -0.867. The lowest BCUT2D eigenvalue weighted by molar-refractivity contribution is -0.127. The number of fused-ring (bicyclic) bond motifs is 1. The molecule has 0 spiro atoms. The number of esters is 1. The highest BCUT2D eigenvalue weighted by Gasteiger charge is 2.34. The van der Waals surface area contributed by atoms with Crippen molar-refractivity contribution in [3.8, 4) is 5.75 Å². The van der Waals surface area contributed by atoms with Crippen LogP contribution in [0.2, 0.25) is 0 Å². The minimum Gasteiger partial charge on any atom is -0.452 e. The molecule has 0 fully saturated rings. The summed E-state index contributed by atoms with van der Waals surface area (Å²) < 4.78 is 11.5. The predicted octanol–water partition coefficient (Wildman–Crippen LogP) is 2.58. The molecule has 3 nitrogen and oxygen atoms in total. The van der Waals surface area contributed by atoms with Crippen LogP contribution in [0.3, 0.4) is 0 Å². The van der Waals surface area contributed by atoms with Gasteiger partial charge in [0.05, 0.1) is 0 Å². The Morgan fingerprint density at radius 1 is 1.29 bits per heavy atom. The van der Waals surface area contributed by atoms with Gasteiger partial charge in [-0.2, -0.15) is 0 Å². The van der Waals surface area contributed by atoms with E-state index in [1.807, 2.05) is 12.1 Å². The zero-order valence-electron chi connectivity index (χ0n) is 7.83. The number of carbonyl (C=O) groups is 1. The Morgan fingerprint density at radius 2 is 2.00 bits per heavy atom. The fraction of sp³-hybridized carbons (Fsp3) is 0.300. The highest BCUT2D eigenvalue weighted by molar-refractivity contribution is 14.1. The van der Waals surface area contributed by atoms with E-state index in [-0.39, 0.29) is 5.97 Å². The van der Waals surface area contributed by atoms with Gasteiger partial charge in [-0.1, -0.05) is 6.07 Å². The third kappa shape index (κ3) is 1.58. The van der Waals surface area contributed by atoms with Crippen molar-refractivity contribution in [1.29, 1.82) is 0 Å². The number of carbonyl (C=O) groups excluding carboxylic acids is 1. The largest absolute Gasteiger partial charge is 0.452 e. The highest BCUT2D eigenvalue weighted by Crippen LogP contribution is 2.33. The van der Waals surface area contributed by atoms with E-state index in [0.717, 1.165) is 3.57 Å². The first-order valence-electron chi connectivity index (χ1n) is 4.20. The van der Waals surface area contributed by atoms with E-state index in [4.69, 9.17) is 9.47 Å². The van der Waals surface area contributed by atoms with E-state index in [1.54, 1.807) is 19.9 Å². The number of cyclic esters (lactones) is 1. The predicted molar refractivity (Wildman–Crippen MR) is 59.3 cm³/mol. The third-order valence-corrected chi connectivity index (χ3v) is 2.77. The summed E-state index contributed by atoms with van der Waals surface area (Å²) in [5.41, 5.74) is 0.521. The maximum atomic E-state index is 11.6. The maximum absolute atomic E-state index is 11.6. The number of hydrogen-bond acceptors (Lipinski definition) is 3. The summed E-state index contributed by atoms with van der Waals surface area (Å²) >= 11 is 2.09. The molecule has 0 unspecified atom stereocenters. The van der Waals surface area contributed by atoms with E-state index >= 15 is 0 Å². The summed E-state index contributed by atoms with van der Waals surface area (Å²) in [4.78, 5) is 11.6. The lowest BCUT2D eigenvalue weighted by Gasteiger charge is -2.31. The van der Waals surface area contributed by atoms with E-state index in [1.165, 1.54) is 0 Å². The Labute approximate surface area is 95.5 Å². The van der Waals surface area contributed by atoms with Gasteiger partial charge >= 0.3 is 5.97 Å². The normalized spacial score (nSPS) is 18.1. The van der Waals surface area contributed by atoms with Gasteiger partial charge < -0.3 is 9.47 Å². The zero-order valence-corrected chi connectivity index (χ0v) is 9.99. The van der Waals surface area contributed by atoms with Gasteiger partial charge in [0.15, 0.2) is 0 Å². The van der Waals surface area contributed by atoms with Crippen LogP contribution < -0.4 is 4.74 Å². The average molecular weight is 304 g/mol. The molecule has 0 aliphatic carbocycles. The first-order valence-corrected chi connectivity index (χ1v) is 5.28. The van der Waals surface area contributed by atoms with Gasteiger partial charge in [-0.15, -0.1) is 0 Å². The monoisotopic (exact) mass is 304 g/mol. The SMILES string of the molecule is CC1(C)OC(=O)c2c(I)cccc2O1. The number of ether oxygens (including phenoxy) is 2. The van der Waals surface area contributed by atoms with Crippen LogP contribution >= 0.6 is 22.6 Å². The Bertz CT molecular complexity index is 398. The van der Waals surface area contributed by atoms with Gasteiger partial charge in [0.1, 0.15) is 11.3 Å². The second kappa shape index (κ2) is 3.12. The van der Waals surface area contributed by atoms with Crippen molar-refractivity contribution in [3.63, 3.8) is 0 Å². The smallest absolute Gasteiger partial charge is 0.346 e. The number of hydrogen-bond donors (Lipinski definition) is 0. The van der Waals surface area contributed by atoms with Gasteiger partial charge in [-0.3, -0.25) is 0 Å². The van der Waals surface area contributed by atoms with E-state index in [0.29, 0.717) is 11.3 Å². The van der Waals surface area contributed by atoms with Gasteiger partial charge in [0.25, 0.3) is 0 Å².